The van der Waals surface area contributed by atoms with Crippen LogP contribution in [0.3, 0.4) is 0 Å². The van der Waals surface area contributed by atoms with Crippen LogP contribution in [0.2, 0.25) is 0 Å². The second-order valence-corrected chi connectivity index (χ2v) is 7.48. The van der Waals surface area contributed by atoms with Crippen molar-refractivity contribution in [2.75, 3.05) is 0 Å². The van der Waals surface area contributed by atoms with Gasteiger partial charge in [0.15, 0.2) is 16.3 Å². The third kappa shape index (κ3) is 3.54. The highest BCUT2D eigenvalue weighted by Gasteiger charge is 2.38. The molecule has 10 heteroatoms. The van der Waals surface area contributed by atoms with Crippen LogP contribution in [0.25, 0.3) is 21.7 Å². The molecule has 4 rings (SSSR count). The number of pyridine rings is 1. The lowest BCUT2D eigenvalue weighted by atomic mass is 10.1. The molecule has 0 saturated heterocycles. The van der Waals surface area contributed by atoms with Crippen LogP contribution in [-0.4, -0.2) is 24.0 Å². The van der Waals surface area contributed by atoms with Gasteiger partial charge >= 0.3 is 6.18 Å². The molecule has 30 heavy (non-hydrogen) atoms. The number of alkyl halides is 3. The SMILES string of the molecule is C[C@H](Cc1ccccc1)n1c(-c2ncccc2O)nc2snc(C(F)(F)F)c2c1=O. The molecule has 1 aromatic carbocycles. The molecule has 1 N–H and O–H groups in total. The monoisotopic (exact) mass is 432 g/mol. The summed E-state index contributed by atoms with van der Waals surface area (Å²) in [6.07, 6.45) is -3.01. The summed E-state index contributed by atoms with van der Waals surface area (Å²) in [5, 5.41) is 9.67. The number of hydrogen-bond acceptors (Lipinski definition) is 6. The lowest BCUT2D eigenvalue weighted by Crippen LogP contribution is -2.28. The average Bonchev–Trinajstić information content (AvgIpc) is 3.14. The van der Waals surface area contributed by atoms with Crippen LogP contribution in [-0.2, 0) is 12.6 Å². The van der Waals surface area contributed by atoms with E-state index in [4.69, 9.17) is 0 Å². The molecule has 0 radical (unpaired) electrons. The predicted octanol–water partition coefficient (Wildman–Crippen LogP) is 4.44. The topological polar surface area (TPSA) is 80.9 Å². The van der Waals surface area contributed by atoms with Crippen LogP contribution in [0, 0.1) is 0 Å². The Morgan fingerprint density at radius 1 is 1.17 bits per heavy atom. The molecule has 0 aliphatic rings. The van der Waals surface area contributed by atoms with Crippen LogP contribution < -0.4 is 5.56 Å². The standard InChI is InChI=1S/C20H15F3N4O2S/c1-11(10-12-6-3-2-4-7-12)27-17(15-13(28)8-5-9-24-15)25-18-14(19(27)29)16(26-30-18)20(21,22)23/h2-9,11,28H,10H2,1H3/t11-/m1/s1. The summed E-state index contributed by atoms with van der Waals surface area (Å²) in [6.45, 7) is 1.71. The molecule has 0 amide bonds. The van der Waals surface area contributed by atoms with Gasteiger partial charge in [-0.1, -0.05) is 30.3 Å². The first-order chi connectivity index (χ1) is 14.3. The number of aromatic hydroxyl groups is 1. The summed E-state index contributed by atoms with van der Waals surface area (Å²) in [5.74, 6) is -0.239. The largest absolute Gasteiger partial charge is 0.506 e. The average molecular weight is 432 g/mol. The third-order valence-corrected chi connectivity index (χ3v) is 5.37. The quantitative estimate of drug-likeness (QED) is 0.516. The van der Waals surface area contributed by atoms with Crippen molar-refractivity contribution in [1.82, 2.24) is 18.9 Å². The Morgan fingerprint density at radius 3 is 2.57 bits per heavy atom. The molecule has 0 aliphatic heterocycles. The van der Waals surface area contributed by atoms with Crippen molar-refractivity contribution in [2.45, 2.75) is 25.6 Å². The summed E-state index contributed by atoms with van der Waals surface area (Å²) in [6, 6.07) is 11.6. The number of fused-ring (bicyclic) bond motifs is 1. The summed E-state index contributed by atoms with van der Waals surface area (Å²) in [5.41, 5.74) is -1.21. The van der Waals surface area contributed by atoms with E-state index >= 15 is 0 Å². The Hall–Kier alpha value is -3.27. The van der Waals surface area contributed by atoms with Crippen molar-refractivity contribution in [3.05, 3.63) is 70.3 Å². The molecule has 3 aromatic heterocycles. The van der Waals surface area contributed by atoms with Gasteiger partial charge < -0.3 is 5.11 Å². The van der Waals surface area contributed by atoms with E-state index in [0.29, 0.717) is 18.0 Å². The fraction of sp³-hybridized carbons (Fsp3) is 0.200. The Labute approximate surface area is 172 Å². The van der Waals surface area contributed by atoms with Crippen molar-refractivity contribution >= 4 is 21.7 Å². The summed E-state index contributed by atoms with van der Waals surface area (Å²) >= 11 is 0.490. The van der Waals surface area contributed by atoms with E-state index in [0.717, 1.165) is 10.1 Å². The Balaban J connectivity index is 1.99. The summed E-state index contributed by atoms with van der Waals surface area (Å²) < 4.78 is 44.8. The van der Waals surface area contributed by atoms with Crippen molar-refractivity contribution in [1.29, 1.82) is 0 Å². The molecule has 6 nitrogen and oxygen atoms in total. The molecule has 4 aromatic rings. The van der Waals surface area contributed by atoms with E-state index in [1.807, 2.05) is 30.3 Å². The number of hydrogen-bond donors (Lipinski definition) is 1. The van der Waals surface area contributed by atoms with Gasteiger partial charge in [0, 0.05) is 12.2 Å². The number of halogens is 3. The third-order valence-electron chi connectivity index (χ3n) is 4.62. The molecule has 0 spiro atoms. The van der Waals surface area contributed by atoms with Gasteiger partial charge in [-0.05, 0) is 42.6 Å². The predicted molar refractivity (Wildman–Crippen MR) is 106 cm³/mol. The summed E-state index contributed by atoms with van der Waals surface area (Å²) in [7, 11) is 0. The number of nitrogens with zero attached hydrogens (tertiary/aromatic N) is 4. The minimum atomic E-state index is -4.78. The maximum atomic E-state index is 13.4. The van der Waals surface area contributed by atoms with Crippen LogP contribution in [0.15, 0.2) is 53.5 Å². The minimum absolute atomic E-state index is 0.00796. The van der Waals surface area contributed by atoms with Gasteiger partial charge in [0.05, 0.1) is 0 Å². The van der Waals surface area contributed by atoms with Gasteiger partial charge in [0.1, 0.15) is 16.8 Å². The fourth-order valence-corrected chi connectivity index (χ4v) is 4.08. The maximum Gasteiger partial charge on any atom is 0.435 e. The van der Waals surface area contributed by atoms with Gasteiger partial charge in [0.25, 0.3) is 5.56 Å². The van der Waals surface area contributed by atoms with Crippen molar-refractivity contribution < 1.29 is 18.3 Å². The molecular weight excluding hydrogens is 417 g/mol. The van der Waals surface area contributed by atoms with Crippen LogP contribution >= 0.6 is 11.5 Å². The van der Waals surface area contributed by atoms with Gasteiger partial charge in [-0.2, -0.15) is 17.5 Å². The van der Waals surface area contributed by atoms with E-state index < -0.39 is 28.9 Å². The number of rotatable bonds is 4. The highest BCUT2D eigenvalue weighted by molar-refractivity contribution is 7.12. The molecule has 0 saturated carbocycles. The van der Waals surface area contributed by atoms with Gasteiger partial charge in [-0.3, -0.25) is 9.36 Å². The zero-order valence-corrected chi connectivity index (χ0v) is 16.4. The number of benzene rings is 1. The van der Waals surface area contributed by atoms with Gasteiger partial charge in [-0.15, -0.1) is 0 Å². The fourth-order valence-electron chi connectivity index (χ4n) is 3.30. The lowest BCUT2D eigenvalue weighted by molar-refractivity contribution is -0.139. The molecule has 154 valence electrons. The Morgan fingerprint density at radius 2 is 1.90 bits per heavy atom. The molecule has 1 atom stereocenters. The van der Waals surface area contributed by atoms with E-state index in [-0.39, 0.29) is 22.1 Å². The second kappa shape index (κ2) is 7.52. The van der Waals surface area contributed by atoms with E-state index in [1.165, 1.54) is 18.3 Å². The lowest BCUT2D eigenvalue weighted by Gasteiger charge is -2.19. The van der Waals surface area contributed by atoms with E-state index in [2.05, 4.69) is 14.3 Å². The first kappa shape index (κ1) is 20.0. The van der Waals surface area contributed by atoms with Gasteiger partial charge in [0.2, 0.25) is 0 Å². The first-order valence-electron chi connectivity index (χ1n) is 8.94. The van der Waals surface area contributed by atoms with Crippen molar-refractivity contribution in [2.24, 2.45) is 0 Å². The van der Waals surface area contributed by atoms with Crippen molar-refractivity contribution in [3.8, 4) is 17.3 Å². The van der Waals surface area contributed by atoms with E-state index in [9.17, 15) is 23.1 Å². The highest BCUT2D eigenvalue weighted by Crippen LogP contribution is 2.36. The smallest absolute Gasteiger partial charge is 0.435 e. The molecule has 0 unspecified atom stereocenters. The van der Waals surface area contributed by atoms with Crippen LogP contribution in [0.4, 0.5) is 13.2 Å². The van der Waals surface area contributed by atoms with Crippen LogP contribution in [0.5, 0.6) is 5.75 Å². The normalized spacial score (nSPS) is 12.9. The molecule has 0 bridgehead atoms. The summed E-state index contributed by atoms with van der Waals surface area (Å²) in [4.78, 5) is 21.5. The van der Waals surface area contributed by atoms with Crippen molar-refractivity contribution in [3.63, 3.8) is 0 Å². The highest BCUT2D eigenvalue weighted by atomic mass is 32.1. The van der Waals surface area contributed by atoms with Gasteiger partial charge in [-0.25, -0.2) is 9.97 Å². The molecule has 3 heterocycles. The Bertz CT molecular complexity index is 1270. The molecule has 0 fully saturated rings. The zero-order chi connectivity index (χ0) is 21.5. The zero-order valence-electron chi connectivity index (χ0n) is 15.6. The maximum absolute atomic E-state index is 13.4. The van der Waals surface area contributed by atoms with Crippen LogP contribution in [0.1, 0.15) is 24.2 Å². The first-order valence-corrected chi connectivity index (χ1v) is 9.72. The Kier molecular flexibility index (Phi) is 5.02. The van der Waals surface area contributed by atoms with E-state index in [1.54, 1.807) is 6.92 Å². The number of aromatic nitrogens is 4. The molecule has 0 aliphatic carbocycles. The minimum Gasteiger partial charge on any atom is -0.506 e. The second-order valence-electron chi connectivity index (χ2n) is 6.73. The molecular formula is C20H15F3N4O2S.